The molecule has 1 aromatic carbocycles. The van der Waals surface area contributed by atoms with Gasteiger partial charge in [0.25, 0.3) is 0 Å². The molecule has 0 atom stereocenters. The Morgan fingerprint density at radius 1 is 1.03 bits per heavy atom. The summed E-state index contributed by atoms with van der Waals surface area (Å²) in [6, 6.07) is 6.09. The van der Waals surface area contributed by atoms with Crippen LogP contribution in [-0.2, 0) is 9.53 Å². The van der Waals surface area contributed by atoms with Gasteiger partial charge in [0.15, 0.2) is 11.6 Å². The minimum absolute atomic E-state index is 0.0294. The van der Waals surface area contributed by atoms with Gasteiger partial charge in [0.05, 0.1) is 12.0 Å². The molecule has 166 valence electrons. The maximum Gasteiger partial charge on any atom is 0.309 e. The predicted octanol–water partition coefficient (Wildman–Crippen LogP) is 6.76. The van der Waals surface area contributed by atoms with Gasteiger partial charge in [-0.15, -0.1) is 0 Å². The SMILES string of the molecule is N#CC=C/C=C/CCC1CCC(OC(=O)C2CCC(c3ccc(F)c(F)c3)CC2)CC1. The van der Waals surface area contributed by atoms with Crippen LogP contribution in [0.3, 0.4) is 0 Å². The largest absolute Gasteiger partial charge is 0.462 e. The predicted molar refractivity (Wildman–Crippen MR) is 116 cm³/mol. The van der Waals surface area contributed by atoms with Crippen LogP contribution in [0.4, 0.5) is 8.78 Å². The lowest BCUT2D eigenvalue weighted by Gasteiger charge is -2.31. The van der Waals surface area contributed by atoms with Crippen molar-refractivity contribution in [1.82, 2.24) is 0 Å². The number of ether oxygens (including phenoxy) is 1. The van der Waals surface area contributed by atoms with Crippen LogP contribution in [0.15, 0.2) is 42.5 Å². The molecule has 2 aliphatic carbocycles. The van der Waals surface area contributed by atoms with Crippen molar-refractivity contribution in [2.75, 3.05) is 0 Å². The zero-order valence-electron chi connectivity index (χ0n) is 17.9. The smallest absolute Gasteiger partial charge is 0.309 e. The van der Waals surface area contributed by atoms with E-state index in [9.17, 15) is 13.6 Å². The molecule has 2 aliphatic rings. The van der Waals surface area contributed by atoms with Crippen molar-refractivity contribution in [1.29, 1.82) is 5.26 Å². The summed E-state index contributed by atoms with van der Waals surface area (Å²) in [5.74, 6) is -0.933. The summed E-state index contributed by atoms with van der Waals surface area (Å²) < 4.78 is 32.5. The Morgan fingerprint density at radius 3 is 2.45 bits per heavy atom. The highest BCUT2D eigenvalue weighted by Gasteiger charge is 2.31. The lowest BCUT2D eigenvalue weighted by atomic mass is 9.78. The van der Waals surface area contributed by atoms with E-state index in [-0.39, 0.29) is 23.9 Å². The Kier molecular flexibility index (Phi) is 8.82. The van der Waals surface area contributed by atoms with Gasteiger partial charge in [-0.1, -0.05) is 24.3 Å². The van der Waals surface area contributed by atoms with E-state index < -0.39 is 11.6 Å². The van der Waals surface area contributed by atoms with Gasteiger partial charge < -0.3 is 4.74 Å². The highest BCUT2D eigenvalue weighted by Crippen LogP contribution is 2.37. The van der Waals surface area contributed by atoms with Gasteiger partial charge in [0, 0.05) is 6.08 Å². The summed E-state index contributed by atoms with van der Waals surface area (Å²) >= 11 is 0. The van der Waals surface area contributed by atoms with Gasteiger partial charge in [0.1, 0.15) is 6.10 Å². The Balaban J connectivity index is 1.35. The van der Waals surface area contributed by atoms with Crippen molar-refractivity contribution in [3.05, 3.63) is 59.7 Å². The van der Waals surface area contributed by atoms with Crippen LogP contribution in [0.5, 0.6) is 0 Å². The average Bonchev–Trinajstić information content (AvgIpc) is 2.79. The number of carbonyl (C=O) groups excluding carboxylic acids is 1. The average molecular weight is 428 g/mol. The normalized spacial score (nSPS) is 26.7. The van der Waals surface area contributed by atoms with Gasteiger partial charge in [-0.2, -0.15) is 5.26 Å². The van der Waals surface area contributed by atoms with Crippen molar-refractivity contribution >= 4 is 5.97 Å². The number of hydrogen-bond acceptors (Lipinski definition) is 3. The summed E-state index contributed by atoms with van der Waals surface area (Å²) in [6.07, 6.45) is 16.5. The van der Waals surface area contributed by atoms with Crippen molar-refractivity contribution in [2.45, 2.75) is 76.2 Å². The molecule has 5 heteroatoms. The topological polar surface area (TPSA) is 50.1 Å². The monoisotopic (exact) mass is 427 g/mol. The minimum Gasteiger partial charge on any atom is -0.462 e. The summed E-state index contributed by atoms with van der Waals surface area (Å²) in [7, 11) is 0. The number of rotatable bonds is 7. The van der Waals surface area contributed by atoms with Gasteiger partial charge in [-0.05, 0) is 93.7 Å². The zero-order valence-corrected chi connectivity index (χ0v) is 17.9. The standard InChI is InChI=1S/C26H31F2NO2/c27-24-16-13-22(18-25(24)28)20-9-11-21(12-10-20)26(30)31-23-14-7-19(8-15-23)6-4-2-1-3-5-17-29/h1-3,5,13,16,18-21,23H,4,6-12,14-15H2/b2-1+,5-3?. The van der Waals surface area contributed by atoms with E-state index in [1.165, 1.54) is 18.2 Å². The second kappa shape index (κ2) is 11.8. The van der Waals surface area contributed by atoms with Crippen LogP contribution in [-0.4, -0.2) is 12.1 Å². The number of esters is 1. The fourth-order valence-electron chi connectivity index (χ4n) is 4.83. The zero-order chi connectivity index (χ0) is 22.1. The summed E-state index contributed by atoms with van der Waals surface area (Å²) in [4.78, 5) is 12.6. The second-order valence-electron chi connectivity index (χ2n) is 8.80. The number of benzene rings is 1. The molecule has 0 amide bonds. The van der Waals surface area contributed by atoms with Gasteiger partial charge in [-0.3, -0.25) is 4.79 Å². The highest BCUT2D eigenvalue weighted by atomic mass is 19.2. The van der Waals surface area contributed by atoms with E-state index in [0.717, 1.165) is 69.8 Å². The second-order valence-corrected chi connectivity index (χ2v) is 8.80. The number of nitriles is 1. The quantitative estimate of drug-likeness (QED) is 0.274. The Labute approximate surface area is 183 Å². The lowest BCUT2D eigenvalue weighted by Crippen LogP contribution is -2.29. The van der Waals surface area contributed by atoms with E-state index in [2.05, 4.69) is 6.08 Å². The van der Waals surface area contributed by atoms with Crippen molar-refractivity contribution in [3.8, 4) is 6.07 Å². The number of allylic oxidation sites excluding steroid dienone is 4. The maximum absolute atomic E-state index is 13.5. The molecular formula is C26H31F2NO2. The molecule has 2 saturated carbocycles. The Morgan fingerprint density at radius 2 is 1.77 bits per heavy atom. The number of hydrogen-bond donors (Lipinski definition) is 0. The number of halogens is 2. The molecule has 3 rings (SSSR count). The third kappa shape index (κ3) is 7.02. The fraction of sp³-hybridized carbons (Fsp3) is 0.538. The van der Waals surface area contributed by atoms with Crippen LogP contribution in [0.2, 0.25) is 0 Å². The molecule has 0 N–H and O–H groups in total. The fourth-order valence-corrected chi connectivity index (χ4v) is 4.83. The first-order valence-electron chi connectivity index (χ1n) is 11.4. The van der Waals surface area contributed by atoms with Crippen molar-refractivity contribution in [3.63, 3.8) is 0 Å². The van der Waals surface area contributed by atoms with E-state index in [4.69, 9.17) is 10.00 Å². The Bertz CT molecular complexity index is 826. The Hall–Kier alpha value is -2.48. The number of carbonyl (C=O) groups is 1. The molecule has 31 heavy (non-hydrogen) atoms. The maximum atomic E-state index is 13.5. The number of nitrogens with zero attached hydrogens (tertiary/aromatic N) is 1. The summed E-state index contributed by atoms with van der Waals surface area (Å²) in [5.41, 5.74) is 0.819. The first-order valence-corrected chi connectivity index (χ1v) is 11.4. The van der Waals surface area contributed by atoms with Crippen molar-refractivity contribution in [2.24, 2.45) is 11.8 Å². The lowest BCUT2D eigenvalue weighted by molar-refractivity contribution is -0.157. The van der Waals surface area contributed by atoms with Crippen LogP contribution >= 0.6 is 0 Å². The summed E-state index contributed by atoms with van der Waals surface area (Å²) in [6.45, 7) is 0. The third-order valence-electron chi connectivity index (χ3n) is 6.71. The summed E-state index contributed by atoms with van der Waals surface area (Å²) in [5, 5.41) is 8.44. The van der Waals surface area contributed by atoms with Crippen LogP contribution < -0.4 is 0 Å². The first-order chi connectivity index (χ1) is 15.1. The minimum atomic E-state index is -0.819. The van der Waals surface area contributed by atoms with Crippen molar-refractivity contribution < 1.29 is 18.3 Å². The van der Waals surface area contributed by atoms with Gasteiger partial charge >= 0.3 is 5.97 Å². The van der Waals surface area contributed by atoms with Crippen LogP contribution in [0, 0.1) is 34.8 Å². The molecule has 0 aliphatic heterocycles. The molecule has 3 nitrogen and oxygen atoms in total. The third-order valence-corrected chi connectivity index (χ3v) is 6.71. The molecule has 0 aromatic heterocycles. The van der Waals surface area contributed by atoms with Crippen LogP contribution in [0.1, 0.15) is 75.7 Å². The van der Waals surface area contributed by atoms with E-state index in [1.807, 2.05) is 12.1 Å². The molecule has 0 saturated heterocycles. The van der Waals surface area contributed by atoms with E-state index in [1.54, 1.807) is 12.1 Å². The molecule has 2 fully saturated rings. The molecule has 0 radical (unpaired) electrons. The first kappa shape index (κ1) is 23.2. The van der Waals surface area contributed by atoms with E-state index >= 15 is 0 Å². The van der Waals surface area contributed by atoms with Gasteiger partial charge in [-0.25, -0.2) is 8.78 Å². The van der Waals surface area contributed by atoms with E-state index in [0.29, 0.717) is 5.92 Å². The molecular weight excluding hydrogens is 396 g/mol. The molecule has 0 heterocycles. The molecule has 1 aromatic rings. The molecule has 0 spiro atoms. The molecule has 0 bridgehead atoms. The van der Waals surface area contributed by atoms with Crippen LogP contribution in [0.25, 0.3) is 0 Å². The highest BCUT2D eigenvalue weighted by molar-refractivity contribution is 5.72. The van der Waals surface area contributed by atoms with Gasteiger partial charge in [0.2, 0.25) is 0 Å². The molecule has 0 unspecified atom stereocenters.